The second-order valence-corrected chi connectivity index (χ2v) is 6.69. The van der Waals surface area contributed by atoms with Crippen LogP contribution in [0.5, 0.6) is 5.75 Å². The summed E-state index contributed by atoms with van der Waals surface area (Å²) < 4.78 is 57.4. The number of benzene rings is 2. The molecule has 142 valence electrons. The Morgan fingerprint density at radius 2 is 1.70 bits per heavy atom. The third kappa shape index (κ3) is 4.44. The van der Waals surface area contributed by atoms with Gasteiger partial charge in [0, 0.05) is 11.1 Å². The summed E-state index contributed by atoms with van der Waals surface area (Å²) in [6, 6.07) is 15.9. The number of hydrogen-bond donors (Lipinski definition) is 1. The lowest BCUT2D eigenvalue weighted by molar-refractivity contribution is -0.0565. The molecule has 0 saturated heterocycles. The Bertz CT molecular complexity index is 882. The van der Waals surface area contributed by atoms with Crippen molar-refractivity contribution in [2.75, 3.05) is 6.61 Å². The SMILES string of the molecule is CCOc1ccc(-c2[nH]c(SC(F)(F)C(F)F)nc2-c2ccccc2)cc1. The van der Waals surface area contributed by atoms with E-state index in [4.69, 9.17) is 4.74 Å². The number of rotatable bonds is 7. The van der Waals surface area contributed by atoms with Crippen molar-refractivity contribution in [3.63, 3.8) is 0 Å². The average molecular weight is 396 g/mol. The van der Waals surface area contributed by atoms with Gasteiger partial charge in [0.15, 0.2) is 5.16 Å². The van der Waals surface area contributed by atoms with Crippen molar-refractivity contribution in [1.29, 1.82) is 0 Å². The maximum Gasteiger partial charge on any atom is 0.360 e. The van der Waals surface area contributed by atoms with Crippen LogP contribution in [0.15, 0.2) is 59.8 Å². The summed E-state index contributed by atoms with van der Waals surface area (Å²) in [7, 11) is 0. The molecular formula is C19H16F4N2OS. The molecule has 3 rings (SSSR count). The Hall–Kier alpha value is -2.48. The highest BCUT2D eigenvalue weighted by molar-refractivity contribution is 8.00. The van der Waals surface area contributed by atoms with E-state index < -0.39 is 11.7 Å². The summed E-state index contributed by atoms with van der Waals surface area (Å²) in [6.45, 7) is 2.38. The van der Waals surface area contributed by atoms with Crippen molar-refractivity contribution in [2.24, 2.45) is 0 Å². The van der Waals surface area contributed by atoms with Gasteiger partial charge in [0.25, 0.3) is 0 Å². The smallest absolute Gasteiger partial charge is 0.360 e. The topological polar surface area (TPSA) is 37.9 Å². The van der Waals surface area contributed by atoms with E-state index in [9.17, 15) is 17.6 Å². The number of nitrogens with zero attached hydrogens (tertiary/aromatic N) is 1. The molecule has 3 aromatic rings. The molecule has 0 aliphatic rings. The van der Waals surface area contributed by atoms with Crippen molar-refractivity contribution in [3.8, 4) is 28.3 Å². The summed E-state index contributed by atoms with van der Waals surface area (Å²) in [5, 5.41) is -4.51. The zero-order valence-electron chi connectivity index (χ0n) is 14.3. The molecule has 0 unspecified atom stereocenters. The van der Waals surface area contributed by atoms with Crippen LogP contribution in [0, 0.1) is 0 Å². The number of halogens is 4. The normalized spacial score (nSPS) is 11.8. The second-order valence-electron chi connectivity index (χ2n) is 5.55. The summed E-state index contributed by atoms with van der Waals surface area (Å²) in [5.74, 6) is 0.667. The molecule has 1 heterocycles. The van der Waals surface area contributed by atoms with Gasteiger partial charge < -0.3 is 9.72 Å². The molecule has 27 heavy (non-hydrogen) atoms. The van der Waals surface area contributed by atoms with Gasteiger partial charge in [-0.3, -0.25) is 0 Å². The first-order chi connectivity index (χ1) is 12.9. The average Bonchev–Trinajstić information content (AvgIpc) is 3.06. The van der Waals surface area contributed by atoms with Crippen molar-refractivity contribution in [3.05, 3.63) is 54.6 Å². The number of ether oxygens (including phenoxy) is 1. The van der Waals surface area contributed by atoms with E-state index in [1.165, 1.54) is 0 Å². The number of thioether (sulfide) groups is 1. The summed E-state index contributed by atoms with van der Waals surface area (Å²) in [5.41, 5.74) is 2.24. The Morgan fingerprint density at radius 1 is 1.04 bits per heavy atom. The Labute approximate surface area is 157 Å². The number of nitrogens with one attached hydrogen (secondary N) is 1. The van der Waals surface area contributed by atoms with Gasteiger partial charge in [0.05, 0.1) is 18.0 Å². The first-order valence-corrected chi connectivity index (χ1v) is 8.96. The lowest BCUT2D eigenvalue weighted by atomic mass is 10.1. The highest BCUT2D eigenvalue weighted by Crippen LogP contribution is 2.42. The van der Waals surface area contributed by atoms with Crippen molar-refractivity contribution in [2.45, 2.75) is 23.8 Å². The standard InChI is InChI=1S/C19H16F4N2OS/c1-2-26-14-10-8-13(9-11-14)16-15(12-6-4-3-5-7-12)24-18(25-16)27-19(22,23)17(20)21/h3-11,17H,2H2,1H3,(H,24,25). The number of H-pyrrole nitrogens is 1. The molecule has 0 aliphatic carbocycles. The van der Waals surface area contributed by atoms with Crippen LogP contribution >= 0.6 is 11.8 Å². The molecule has 0 bridgehead atoms. The van der Waals surface area contributed by atoms with Crippen molar-refractivity contribution >= 4 is 11.8 Å². The maximum atomic E-state index is 13.5. The predicted octanol–water partition coefficient (Wildman–Crippen LogP) is 6.09. The minimum Gasteiger partial charge on any atom is -0.494 e. The van der Waals surface area contributed by atoms with Crippen LogP contribution in [0.25, 0.3) is 22.5 Å². The summed E-state index contributed by atoms with van der Waals surface area (Å²) in [4.78, 5) is 6.90. The molecule has 0 saturated carbocycles. The molecule has 1 N–H and O–H groups in total. The van der Waals surface area contributed by atoms with Crippen LogP contribution in [0.2, 0.25) is 0 Å². The number of alkyl halides is 4. The zero-order chi connectivity index (χ0) is 19.4. The van der Waals surface area contributed by atoms with E-state index in [0.717, 1.165) is 0 Å². The van der Waals surface area contributed by atoms with E-state index in [-0.39, 0.29) is 16.9 Å². The molecule has 2 aromatic carbocycles. The fourth-order valence-electron chi connectivity index (χ4n) is 2.47. The van der Waals surface area contributed by atoms with Gasteiger partial charge in [-0.1, -0.05) is 30.3 Å². The van der Waals surface area contributed by atoms with Gasteiger partial charge in [-0.2, -0.15) is 8.78 Å². The zero-order valence-corrected chi connectivity index (χ0v) is 15.1. The van der Waals surface area contributed by atoms with Gasteiger partial charge in [-0.15, -0.1) is 0 Å². The largest absolute Gasteiger partial charge is 0.494 e. The Balaban J connectivity index is 2.03. The second kappa shape index (κ2) is 8.04. The maximum absolute atomic E-state index is 13.5. The van der Waals surface area contributed by atoms with Crippen LogP contribution in [0.1, 0.15) is 6.92 Å². The Kier molecular flexibility index (Phi) is 5.74. The third-order valence-corrected chi connectivity index (χ3v) is 4.51. The molecule has 8 heteroatoms. The number of imidazole rings is 1. The first-order valence-electron chi connectivity index (χ1n) is 8.14. The van der Waals surface area contributed by atoms with Gasteiger partial charge in [-0.05, 0) is 43.0 Å². The van der Waals surface area contributed by atoms with E-state index in [1.807, 2.05) is 13.0 Å². The molecule has 0 radical (unpaired) electrons. The molecule has 0 amide bonds. The lowest BCUT2D eigenvalue weighted by Crippen LogP contribution is -2.21. The van der Waals surface area contributed by atoms with Gasteiger partial charge in [0.1, 0.15) is 5.75 Å². The highest BCUT2D eigenvalue weighted by Gasteiger charge is 2.43. The molecule has 1 aromatic heterocycles. The molecule has 0 fully saturated rings. The molecular weight excluding hydrogens is 380 g/mol. The number of aromatic nitrogens is 2. The van der Waals surface area contributed by atoms with E-state index in [0.29, 0.717) is 34.9 Å². The van der Waals surface area contributed by atoms with Gasteiger partial charge >= 0.3 is 11.7 Å². The van der Waals surface area contributed by atoms with Crippen molar-refractivity contribution in [1.82, 2.24) is 9.97 Å². The van der Waals surface area contributed by atoms with Gasteiger partial charge in [0.2, 0.25) is 0 Å². The van der Waals surface area contributed by atoms with E-state index in [2.05, 4.69) is 9.97 Å². The van der Waals surface area contributed by atoms with E-state index in [1.54, 1.807) is 48.5 Å². The number of aromatic amines is 1. The first kappa shape index (κ1) is 19.3. The molecule has 0 spiro atoms. The van der Waals surface area contributed by atoms with Crippen LogP contribution in [-0.4, -0.2) is 28.3 Å². The minimum absolute atomic E-state index is 0.275. The third-order valence-electron chi connectivity index (χ3n) is 3.67. The van der Waals surface area contributed by atoms with Gasteiger partial charge in [-0.25, -0.2) is 13.8 Å². The summed E-state index contributed by atoms with van der Waals surface area (Å²) >= 11 is -0.285. The molecule has 3 nitrogen and oxygen atoms in total. The lowest BCUT2D eigenvalue weighted by Gasteiger charge is -2.11. The van der Waals surface area contributed by atoms with E-state index >= 15 is 0 Å². The van der Waals surface area contributed by atoms with Crippen LogP contribution < -0.4 is 4.74 Å². The fraction of sp³-hybridized carbons (Fsp3) is 0.211. The van der Waals surface area contributed by atoms with Crippen LogP contribution in [-0.2, 0) is 0 Å². The van der Waals surface area contributed by atoms with Crippen molar-refractivity contribution < 1.29 is 22.3 Å². The molecule has 0 aliphatic heterocycles. The summed E-state index contributed by atoms with van der Waals surface area (Å²) in [6.07, 6.45) is -3.79. The van der Waals surface area contributed by atoms with Crippen LogP contribution in [0.4, 0.5) is 17.6 Å². The predicted molar refractivity (Wildman–Crippen MR) is 97.4 cm³/mol. The minimum atomic E-state index is -4.23. The monoisotopic (exact) mass is 396 g/mol. The molecule has 0 atom stereocenters. The quantitative estimate of drug-likeness (QED) is 0.388. The van der Waals surface area contributed by atoms with Crippen LogP contribution in [0.3, 0.4) is 0 Å². The Morgan fingerprint density at radius 3 is 2.30 bits per heavy atom. The fourth-order valence-corrected chi connectivity index (χ4v) is 3.11. The number of hydrogen-bond acceptors (Lipinski definition) is 3. The highest BCUT2D eigenvalue weighted by atomic mass is 32.2.